The molecule has 0 spiro atoms. The lowest BCUT2D eigenvalue weighted by molar-refractivity contribution is -0.245. The Labute approximate surface area is 251 Å². The number of hydrogen-bond donors (Lipinski definition) is 0. The second-order valence-corrected chi connectivity index (χ2v) is 13.7. The zero-order valence-corrected chi connectivity index (χ0v) is 26.2. The molecule has 1 aliphatic heterocycles. The van der Waals surface area contributed by atoms with Gasteiger partial charge in [0, 0.05) is 24.6 Å². The highest BCUT2D eigenvalue weighted by Gasteiger charge is 2.34. The molecular weight excluding hydrogens is 577 g/mol. The number of nitrogens with zero attached hydrogens (tertiary/aromatic N) is 3. The van der Waals surface area contributed by atoms with Crippen LogP contribution in [0, 0.1) is 5.82 Å². The molecule has 3 aromatic rings. The lowest BCUT2D eigenvalue weighted by Gasteiger charge is -2.33. The van der Waals surface area contributed by atoms with E-state index in [0.29, 0.717) is 34.7 Å². The molecule has 12 heteroatoms. The van der Waals surface area contributed by atoms with Gasteiger partial charge in [0.1, 0.15) is 11.4 Å². The van der Waals surface area contributed by atoms with Crippen molar-refractivity contribution in [3.8, 4) is 11.3 Å². The van der Waals surface area contributed by atoms with Crippen LogP contribution in [0.1, 0.15) is 76.7 Å². The van der Waals surface area contributed by atoms with Gasteiger partial charge in [-0.25, -0.2) is 27.1 Å². The number of halogens is 1. The molecule has 1 saturated heterocycles. The van der Waals surface area contributed by atoms with E-state index in [1.807, 2.05) is 26.0 Å². The predicted octanol–water partition coefficient (Wildman–Crippen LogP) is 6.01. The fourth-order valence-corrected chi connectivity index (χ4v) is 4.90. The second kappa shape index (κ2) is 12.9. The molecule has 1 unspecified atom stereocenters. The summed E-state index contributed by atoms with van der Waals surface area (Å²) in [4.78, 5) is 21.9. The average Bonchev–Trinajstić information content (AvgIpc) is 3.45. The SMILES string of the molecule is CC(C)c1nc(N(C)S(C)(=O)=O)nc(-c2ccc(F)cc2)c1/C=C/[C@@H]1C[C@H](CC(=O)OC(C)(C)C)OC(c2ccco2)O1. The van der Waals surface area contributed by atoms with Crippen LogP contribution in [-0.4, -0.2) is 55.5 Å². The summed E-state index contributed by atoms with van der Waals surface area (Å²) in [5, 5.41) is 0. The summed E-state index contributed by atoms with van der Waals surface area (Å²) < 4.78 is 62.8. The number of hydrogen-bond acceptors (Lipinski definition) is 9. The molecular formula is C31H38FN3O7S. The van der Waals surface area contributed by atoms with Crippen molar-refractivity contribution in [1.82, 2.24) is 9.97 Å². The van der Waals surface area contributed by atoms with Gasteiger partial charge in [0.15, 0.2) is 5.76 Å². The van der Waals surface area contributed by atoms with Gasteiger partial charge < -0.3 is 18.6 Å². The number of rotatable bonds is 9. The summed E-state index contributed by atoms with van der Waals surface area (Å²) in [5.41, 5.74) is 1.60. The zero-order chi connectivity index (χ0) is 31.5. The van der Waals surface area contributed by atoms with Gasteiger partial charge in [0.2, 0.25) is 22.3 Å². The first-order valence-electron chi connectivity index (χ1n) is 14.0. The van der Waals surface area contributed by atoms with E-state index in [9.17, 15) is 17.6 Å². The topological polar surface area (TPSA) is 121 Å². The lowest BCUT2D eigenvalue weighted by Crippen LogP contribution is -2.35. The first kappa shape index (κ1) is 32.3. The third-order valence-electron chi connectivity index (χ3n) is 6.58. The number of furan rings is 1. The predicted molar refractivity (Wildman–Crippen MR) is 160 cm³/mol. The number of aromatic nitrogens is 2. The third kappa shape index (κ3) is 8.49. The summed E-state index contributed by atoms with van der Waals surface area (Å²) in [6.07, 6.45) is 4.74. The van der Waals surface area contributed by atoms with Crippen LogP contribution in [0.15, 0.2) is 53.2 Å². The Morgan fingerprint density at radius 3 is 2.44 bits per heavy atom. The largest absolute Gasteiger partial charge is 0.464 e. The van der Waals surface area contributed by atoms with Crippen molar-refractivity contribution in [2.24, 2.45) is 0 Å². The first-order chi connectivity index (χ1) is 20.1. The van der Waals surface area contributed by atoms with Crippen LogP contribution in [0.3, 0.4) is 0 Å². The molecule has 0 amide bonds. The van der Waals surface area contributed by atoms with E-state index >= 15 is 0 Å². The number of carbonyl (C=O) groups excluding carboxylic acids is 1. The highest BCUT2D eigenvalue weighted by molar-refractivity contribution is 7.92. The van der Waals surface area contributed by atoms with Crippen molar-refractivity contribution in [2.45, 2.75) is 77.5 Å². The Morgan fingerprint density at radius 2 is 1.86 bits per heavy atom. The third-order valence-corrected chi connectivity index (χ3v) is 7.74. The first-order valence-corrected chi connectivity index (χ1v) is 15.8. The van der Waals surface area contributed by atoms with E-state index in [1.54, 1.807) is 45.0 Å². The minimum Gasteiger partial charge on any atom is -0.464 e. The number of benzene rings is 1. The normalized spacial score (nSPS) is 19.6. The Kier molecular flexibility index (Phi) is 9.73. The standard InChI is InChI=1S/C31H38FN3O7S/c1-19(2)27-24(28(20-10-12-21(32)13-11-20)34-30(33-27)35(6)43(7,37)38)15-14-22-17-23(18-26(36)42-31(3,4)5)41-29(40-22)25-9-8-16-39-25/h8-16,19,22-23,29H,17-18H2,1-7H3/b15-14+/t22-,23-,29?/m1/s1. The fourth-order valence-electron chi connectivity index (χ4n) is 4.52. The van der Waals surface area contributed by atoms with Crippen LogP contribution in [0.4, 0.5) is 10.3 Å². The monoisotopic (exact) mass is 615 g/mol. The Morgan fingerprint density at radius 1 is 1.16 bits per heavy atom. The van der Waals surface area contributed by atoms with Gasteiger partial charge in [0.05, 0.1) is 42.5 Å². The molecule has 0 saturated carbocycles. The van der Waals surface area contributed by atoms with Crippen molar-refractivity contribution >= 4 is 28.0 Å². The summed E-state index contributed by atoms with van der Waals surface area (Å²) in [6.45, 7) is 9.29. The van der Waals surface area contributed by atoms with Crippen LogP contribution in [0.25, 0.3) is 17.3 Å². The van der Waals surface area contributed by atoms with Crippen molar-refractivity contribution in [3.05, 3.63) is 71.6 Å². The van der Waals surface area contributed by atoms with Crippen LogP contribution >= 0.6 is 0 Å². The van der Waals surface area contributed by atoms with E-state index in [4.69, 9.17) is 18.6 Å². The molecule has 0 bridgehead atoms. The molecule has 0 N–H and O–H groups in total. The van der Waals surface area contributed by atoms with Crippen LogP contribution in [-0.2, 0) is 29.0 Å². The Balaban J connectivity index is 1.74. The summed E-state index contributed by atoms with van der Waals surface area (Å²) in [5.74, 6) is -0.470. The maximum atomic E-state index is 13.8. The number of ether oxygens (including phenoxy) is 3. The van der Waals surface area contributed by atoms with Crippen LogP contribution < -0.4 is 4.31 Å². The van der Waals surface area contributed by atoms with Crippen LogP contribution in [0.5, 0.6) is 0 Å². The van der Waals surface area contributed by atoms with Gasteiger partial charge in [-0.2, -0.15) is 0 Å². The van der Waals surface area contributed by atoms with Crippen molar-refractivity contribution in [1.29, 1.82) is 0 Å². The molecule has 1 fully saturated rings. The molecule has 3 atom stereocenters. The highest BCUT2D eigenvalue weighted by atomic mass is 32.2. The zero-order valence-electron chi connectivity index (χ0n) is 25.4. The summed E-state index contributed by atoms with van der Waals surface area (Å²) in [6, 6.07) is 9.25. The molecule has 43 heavy (non-hydrogen) atoms. The maximum absolute atomic E-state index is 13.8. The smallest absolute Gasteiger partial charge is 0.308 e. The van der Waals surface area contributed by atoms with Gasteiger partial charge in [-0.3, -0.25) is 4.79 Å². The van der Waals surface area contributed by atoms with E-state index in [1.165, 1.54) is 25.4 Å². The van der Waals surface area contributed by atoms with Crippen molar-refractivity contribution in [2.75, 3.05) is 17.6 Å². The maximum Gasteiger partial charge on any atom is 0.308 e. The van der Waals surface area contributed by atoms with Gasteiger partial charge in [-0.15, -0.1) is 0 Å². The van der Waals surface area contributed by atoms with Crippen molar-refractivity contribution < 1.29 is 36.2 Å². The molecule has 10 nitrogen and oxygen atoms in total. The minimum absolute atomic E-state index is 0.000277. The van der Waals surface area contributed by atoms with Gasteiger partial charge >= 0.3 is 5.97 Å². The Hall–Kier alpha value is -3.61. The number of anilines is 1. The molecule has 0 aliphatic carbocycles. The lowest BCUT2D eigenvalue weighted by atomic mass is 9.97. The van der Waals surface area contributed by atoms with Crippen LogP contribution in [0.2, 0.25) is 0 Å². The molecule has 0 radical (unpaired) electrons. The van der Waals surface area contributed by atoms with Gasteiger partial charge in [0.25, 0.3) is 0 Å². The minimum atomic E-state index is -3.65. The number of carbonyl (C=O) groups is 1. The second-order valence-electron chi connectivity index (χ2n) is 11.7. The highest BCUT2D eigenvalue weighted by Crippen LogP contribution is 2.35. The van der Waals surface area contributed by atoms with E-state index in [0.717, 1.165) is 10.6 Å². The molecule has 232 valence electrons. The van der Waals surface area contributed by atoms with Crippen molar-refractivity contribution in [3.63, 3.8) is 0 Å². The Bertz CT molecular complexity index is 1550. The molecule has 1 aliphatic rings. The summed E-state index contributed by atoms with van der Waals surface area (Å²) >= 11 is 0. The molecule has 3 heterocycles. The fraction of sp³-hybridized carbons (Fsp3) is 0.452. The molecule has 1 aromatic carbocycles. The molecule has 2 aromatic heterocycles. The number of esters is 1. The average molecular weight is 616 g/mol. The number of sulfonamides is 1. The van der Waals surface area contributed by atoms with Gasteiger partial charge in [-0.05, 0) is 63.1 Å². The van der Waals surface area contributed by atoms with E-state index in [2.05, 4.69) is 9.97 Å². The van der Waals surface area contributed by atoms with E-state index < -0.39 is 39.9 Å². The van der Waals surface area contributed by atoms with E-state index in [-0.39, 0.29) is 24.3 Å². The molecule has 4 rings (SSSR count). The summed E-state index contributed by atoms with van der Waals surface area (Å²) in [7, 11) is -2.27. The van der Waals surface area contributed by atoms with Gasteiger partial charge in [-0.1, -0.05) is 26.0 Å². The quantitative estimate of drug-likeness (QED) is 0.266.